The van der Waals surface area contributed by atoms with Crippen LogP contribution in [-0.4, -0.2) is 33.9 Å². The number of hydrazine groups is 1. The van der Waals surface area contributed by atoms with Crippen LogP contribution in [0.5, 0.6) is 5.75 Å². The fraction of sp³-hybridized carbons (Fsp3) is 0.231. The molecule has 0 saturated heterocycles. The average Bonchev–Trinajstić information content (AvgIpc) is 3.26. The summed E-state index contributed by atoms with van der Waals surface area (Å²) in [6.07, 6.45) is 7.07. The molecule has 7 heteroatoms. The van der Waals surface area contributed by atoms with Crippen molar-refractivity contribution in [3.8, 4) is 5.75 Å². The van der Waals surface area contributed by atoms with E-state index in [1.165, 1.54) is 11.1 Å². The molecule has 0 atom stereocenters. The van der Waals surface area contributed by atoms with Crippen molar-refractivity contribution in [2.45, 2.75) is 26.3 Å². The Morgan fingerprint density at radius 1 is 1.09 bits per heavy atom. The topological polar surface area (TPSA) is 62.6 Å². The number of fused-ring (bicyclic) bond motifs is 2. The summed E-state index contributed by atoms with van der Waals surface area (Å²) in [6.45, 7) is 4.46. The fourth-order valence-corrected chi connectivity index (χ4v) is 4.32. The number of nitrogens with zero attached hydrogens (tertiary/aromatic N) is 4. The van der Waals surface area contributed by atoms with Gasteiger partial charge < -0.3 is 4.74 Å². The lowest BCUT2D eigenvalue weighted by Gasteiger charge is -2.28. The maximum Gasteiger partial charge on any atom is 0.427 e. The van der Waals surface area contributed by atoms with Crippen LogP contribution < -0.4 is 15.2 Å². The smallest absolute Gasteiger partial charge is 0.409 e. The van der Waals surface area contributed by atoms with Crippen LogP contribution in [-0.2, 0) is 13.0 Å². The number of aromatic nitrogens is 2. The van der Waals surface area contributed by atoms with E-state index in [4.69, 9.17) is 4.74 Å². The standard InChI is InChI=1S/C26H27N5O2/c1-2-15-30(23-9-13-27-14-10-23)31-17-12-21-18-24(7-8-25(21)31)33-26(32)28-29-16-11-20-5-3-4-6-22(20)19-29/h3-10,12-14,17-18H,2,11,15-16,19H2,1H3,(H,28,32). The molecule has 0 radical (unpaired) electrons. The minimum Gasteiger partial charge on any atom is -0.409 e. The zero-order valence-corrected chi connectivity index (χ0v) is 18.6. The van der Waals surface area contributed by atoms with Crippen molar-refractivity contribution in [3.05, 3.63) is 90.4 Å². The molecule has 1 aliphatic heterocycles. The summed E-state index contributed by atoms with van der Waals surface area (Å²) in [5, 5.41) is 5.12. The fourth-order valence-electron chi connectivity index (χ4n) is 4.32. The quantitative estimate of drug-likeness (QED) is 0.467. The van der Waals surface area contributed by atoms with E-state index < -0.39 is 6.09 Å². The predicted octanol–water partition coefficient (Wildman–Crippen LogP) is 4.78. The molecule has 0 bridgehead atoms. The molecule has 7 nitrogen and oxygen atoms in total. The van der Waals surface area contributed by atoms with E-state index in [2.05, 4.69) is 45.2 Å². The minimum absolute atomic E-state index is 0.474. The van der Waals surface area contributed by atoms with Gasteiger partial charge in [-0.1, -0.05) is 31.2 Å². The highest BCUT2D eigenvalue weighted by atomic mass is 16.6. The molecule has 168 valence electrons. The zero-order chi connectivity index (χ0) is 22.6. The second-order valence-electron chi connectivity index (χ2n) is 8.15. The first-order valence-corrected chi connectivity index (χ1v) is 11.3. The van der Waals surface area contributed by atoms with Gasteiger partial charge in [-0.25, -0.2) is 9.80 Å². The number of nitrogens with one attached hydrogen (secondary N) is 1. The third-order valence-corrected chi connectivity index (χ3v) is 5.89. The van der Waals surface area contributed by atoms with Crippen LogP contribution in [0.2, 0.25) is 0 Å². The van der Waals surface area contributed by atoms with Crippen molar-refractivity contribution in [2.24, 2.45) is 0 Å². The molecule has 2 aromatic carbocycles. The van der Waals surface area contributed by atoms with Gasteiger partial charge in [0.25, 0.3) is 0 Å². The molecule has 0 aliphatic carbocycles. The van der Waals surface area contributed by atoms with Crippen molar-refractivity contribution in [1.82, 2.24) is 20.1 Å². The molecule has 3 heterocycles. The van der Waals surface area contributed by atoms with Crippen molar-refractivity contribution >= 4 is 22.7 Å². The number of pyridine rings is 1. The first-order chi connectivity index (χ1) is 16.2. The first-order valence-electron chi connectivity index (χ1n) is 11.3. The van der Waals surface area contributed by atoms with Crippen LogP contribution in [0, 0.1) is 0 Å². The Labute approximate surface area is 193 Å². The van der Waals surface area contributed by atoms with E-state index in [1.807, 2.05) is 53.7 Å². The molecule has 1 amide bonds. The highest BCUT2D eigenvalue weighted by Crippen LogP contribution is 2.25. The lowest BCUT2D eigenvalue weighted by atomic mass is 10.0. The summed E-state index contributed by atoms with van der Waals surface area (Å²) in [5.41, 5.74) is 7.56. The van der Waals surface area contributed by atoms with Crippen molar-refractivity contribution in [1.29, 1.82) is 0 Å². The number of rotatable bonds is 6. The molecule has 1 N–H and O–H groups in total. The Bertz CT molecular complexity index is 1250. The highest BCUT2D eigenvalue weighted by molar-refractivity contribution is 5.83. The number of hydrogen-bond donors (Lipinski definition) is 1. The van der Waals surface area contributed by atoms with E-state index >= 15 is 0 Å². The maximum atomic E-state index is 12.5. The number of benzene rings is 2. The number of amides is 1. The Kier molecular flexibility index (Phi) is 5.95. The molecule has 0 fully saturated rings. The van der Waals surface area contributed by atoms with E-state index in [9.17, 15) is 4.79 Å². The maximum absolute atomic E-state index is 12.5. The monoisotopic (exact) mass is 441 g/mol. The second kappa shape index (κ2) is 9.34. The van der Waals surface area contributed by atoms with Crippen LogP contribution >= 0.6 is 0 Å². The average molecular weight is 442 g/mol. The minimum atomic E-state index is -0.474. The molecular formula is C26H27N5O2. The number of ether oxygens (including phenoxy) is 1. The van der Waals surface area contributed by atoms with Gasteiger partial charge in [0.1, 0.15) is 5.75 Å². The van der Waals surface area contributed by atoms with Gasteiger partial charge in [0, 0.05) is 43.6 Å². The molecule has 33 heavy (non-hydrogen) atoms. The summed E-state index contributed by atoms with van der Waals surface area (Å²) in [4.78, 5) is 16.6. The summed E-state index contributed by atoms with van der Waals surface area (Å²) in [7, 11) is 0. The van der Waals surface area contributed by atoms with E-state index in [-0.39, 0.29) is 0 Å². The number of anilines is 1. The van der Waals surface area contributed by atoms with Gasteiger partial charge in [0.05, 0.1) is 11.2 Å². The normalized spacial score (nSPS) is 13.5. The molecule has 2 aromatic heterocycles. The third-order valence-electron chi connectivity index (χ3n) is 5.89. The Hall–Kier alpha value is -3.84. The van der Waals surface area contributed by atoms with E-state index in [0.717, 1.165) is 42.5 Å². The molecule has 4 aromatic rings. The summed E-state index contributed by atoms with van der Waals surface area (Å²) in [6, 6.07) is 20.1. The second-order valence-corrected chi connectivity index (χ2v) is 8.15. The van der Waals surface area contributed by atoms with Gasteiger partial charge in [-0.3, -0.25) is 20.1 Å². The third kappa shape index (κ3) is 4.54. The summed E-state index contributed by atoms with van der Waals surface area (Å²) >= 11 is 0. The number of hydrogen-bond acceptors (Lipinski definition) is 5. The molecular weight excluding hydrogens is 414 g/mol. The van der Waals surface area contributed by atoms with Gasteiger partial charge in [0.15, 0.2) is 0 Å². The lowest BCUT2D eigenvalue weighted by Crippen LogP contribution is -2.46. The van der Waals surface area contributed by atoms with E-state index in [1.54, 1.807) is 12.4 Å². The Morgan fingerprint density at radius 3 is 2.73 bits per heavy atom. The Morgan fingerprint density at radius 2 is 1.91 bits per heavy atom. The van der Waals surface area contributed by atoms with Crippen LogP contribution in [0.3, 0.4) is 0 Å². The van der Waals surface area contributed by atoms with Gasteiger partial charge in [-0.15, -0.1) is 0 Å². The van der Waals surface area contributed by atoms with Crippen LogP contribution in [0.4, 0.5) is 10.5 Å². The van der Waals surface area contributed by atoms with Crippen LogP contribution in [0.25, 0.3) is 10.9 Å². The van der Waals surface area contributed by atoms with Gasteiger partial charge >= 0.3 is 6.09 Å². The highest BCUT2D eigenvalue weighted by Gasteiger charge is 2.18. The lowest BCUT2D eigenvalue weighted by molar-refractivity contribution is 0.135. The molecule has 0 saturated carbocycles. The van der Waals surface area contributed by atoms with Gasteiger partial charge in [0.2, 0.25) is 0 Å². The van der Waals surface area contributed by atoms with Crippen LogP contribution in [0.1, 0.15) is 24.5 Å². The predicted molar refractivity (Wildman–Crippen MR) is 129 cm³/mol. The van der Waals surface area contributed by atoms with Crippen LogP contribution in [0.15, 0.2) is 79.3 Å². The number of carbonyl (C=O) groups is 1. The Balaban J connectivity index is 1.29. The molecule has 5 rings (SSSR count). The van der Waals surface area contributed by atoms with Crippen molar-refractivity contribution in [2.75, 3.05) is 18.1 Å². The SMILES string of the molecule is CCCN(c1ccncc1)n1ccc2cc(OC(=O)NN3CCc4ccccc4C3)ccc21. The van der Waals surface area contributed by atoms with Crippen molar-refractivity contribution in [3.63, 3.8) is 0 Å². The zero-order valence-electron chi connectivity index (χ0n) is 18.6. The summed E-state index contributed by atoms with van der Waals surface area (Å²) in [5.74, 6) is 0.515. The summed E-state index contributed by atoms with van der Waals surface area (Å²) < 4.78 is 7.72. The van der Waals surface area contributed by atoms with Gasteiger partial charge in [-0.2, -0.15) is 0 Å². The molecule has 0 unspecified atom stereocenters. The molecule has 1 aliphatic rings. The van der Waals surface area contributed by atoms with Gasteiger partial charge in [-0.05, 0) is 60.4 Å². The first kappa shape index (κ1) is 21.0. The van der Waals surface area contributed by atoms with E-state index in [0.29, 0.717) is 12.3 Å². The largest absolute Gasteiger partial charge is 0.427 e. The number of carbonyl (C=O) groups excluding carboxylic acids is 1. The van der Waals surface area contributed by atoms with Crippen molar-refractivity contribution < 1.29 is 9.53 Å². The molecule has 0 spiro atoms.